The third kappa shape index (κ3) is 4.72. The highest BCUT2D eigenvalue weighted by Crippen LogP contribution is 2.26. The lowest BCUT2D eigenvalue weighted by Crippen LogP contribution is -2.16. The largest absolute Gasteiger partial charge is 0.312 e. The molecule has 0 fully saturated rings. The molecule has 7 heteroatoms. The molecule has 0 atom stereocenters. The van der Waals surface area contributed by atoms with Crippen LogP contribution in [0.5, 0.6) is 0 Å². The molecule has 2 aromatic heterocycles. The summed E-state index contributed by atoms with van der Waals surface area (Å²) >= 11 is 1.27. The smallest absolute Gasteiger partial charge is 0.284 e. The van der Waals surface area contributed by atoms with Crippen LogP contribution in [-0.4, -0.2) is 22.6 Å². The first-order valence-corrected chi connectivity index (χ1v) is 8.92. The van der Waals surface area contributed by atoms with Crippen LogP contribution < -0.4 is 10.8 Å². The van der Waals surface area contributed by atoms with E-state index in [4.69, 9.17) is 5.21 Å². The van der Waals surface area contributed by atoms with Gasteiger partial charge >= 0.3 is 0 Å². The summed E-state index contributed by atoms with van der Waals surface area (Å²) in [5.74, 6) is -0.750. The van der Waals surface area contributed by atoms with Crippen LogP contribution in [-0.2, 0) is 13.0 Å². The molecular formula is C19H18FN3O2S. The minimum Gasteiger partial charge on any atom is -0.312 e. The number of benzene rings is 1. The molecule has 0 radical (unpaired) electrons. The fourth-order valence-corrected chi connectivity index (χ4v) is 3.31. The van der Waals surface area contributed by atoms with E-state index in [0.29, 0.717) is 11.4 Å². The number of hydrogen-bond donors (Lipinski definition) is 3. The quantitative estimate of drug-likeness (QED) is 0.338. The number of thiophene rings is 1. The Morgan fingerprint density at radius 3 is 2.54 bits per heavy atom. The van der Waals surface area contributed by atoms with Crippen molar-refractivity contribution in [3.8, 4) is 10.6 Å². The van der Waals surface area contributed by atoms with Gasteiger partial charge in [0.2, 0.25) is 0 Å². The number of rotatable bonds is 7. The molecule has 0 aliphatic carbocycles. The van der Waals surface area contributed by atoms with Gasteiger partial charge in [0, 0.05) is 12.7 Å². The zero-order valence-corrected chi connectivity index (χ0v) is 14.7. The number of carbonyl (C=O) groups is 1. The molecule has 0 bridgehead atoms. The van der Waals surface area contributed by atoms with Crippen molar-refractivity contribution >= 4 is 17.2 Å². The zero-order chi connectivity index (χ0) is 18.4. The van der Waals surface area contributed by atoms with Crippen molar-refractivity contribution in [2.45, 2.75) is 13.0 Å². The Morgan fingerprint density at radius 2 is 1.85 bits per heavy atom. The van der Waals surface area contributed by atoms with Crippen LogP contribution >= 0.6 is 11.3 Å². The third-order valence-electron chi connectivity index (χ3n) is 3.84. The highest BCUT2D eigenvalue weighted by Gasteiger charge is 2.10. The number of aromatic nitrogens is 1. The van der Waals surface area contributed by atoms with Gasteiger partial charge in [-0.3, -0.25) is 15.0 Å². The molecule has 134 valence electrons. The monoisotopic (exact) mass is 371 g/mol. The normalized spacial score (nSPS) is 10.7. The van der Waals surface area contributed by atoms with Crippen LogP contribution in [0.25, 0.3) is 10.6 Å². The second-order valence-corrected chi connectivity index (χ2v) is 6.79. The van der Waals surface area contributed by atoms with Crippen LogP contribution in [0.3, 0.4) is 0 Å². The zero-order valence-electron chi connectivity index (χ0n) is 13.9. The van der Waals surface area contributed by atoms with E-state index in [1.54, 1.807) is 23.7 Å². The number of nitrogens with zero attached hydrogens (tertiary/aromatic N) is 1. The molecular weight excluding hydrogens is 353 g/mol. The van der Waals surface area contributed by atoms with Gasteiger partial charge in [0.1, 0.15) is 5.82 Å². The van der Waals surface area contributed by atoms with Gasteiger partial charge in [-0.1, -0.05) is 18.2 Å². The summed E-state index contributed by atoms with van der Waals surface area (Å²) in [7, 11) is 0. The molecule has 0 saturated carbocycles. The van der Waals surface area contributed by atoms with Crippen molar-refractivity contribution < 1.29 is 14.4 Å². The Morgan fingerprint density at radius 1 is 1.08 bits per heavy atom. The molecule has 5 nitrogen and oxygen atoms in total. The molecule has 0 aliphatic heterocycles. The first-order valence-electron chi connectivity index (χ1n) is 8.10. The summed E-state index contributed by atoms with van der Waals surface area (Å²) in [5, 5.41) is 12.0. The van der Waals surface area contributed by atoms with Crippen LogP contribution in [0.4, 0.5) is 4.39 Å². The Balaban J connectivity index is 1.50. The summed E-state index contributed by atoms with van der Waals surface area (Å²) in [6.45, 7) is 1.48. The Kier molecular flexibility index (Phi) is 6.06. The number of nitrogens with one attached hydrogen (secondary N) is 2. The minimum atomic E-state index is -0.523. The van der Waals surface area contributed by atoms with Crippen LogP contribution in [0, 0.1) is 5.82 Å². The van der Waals surface area contributed by atoms with Crippen molar-refractivity contribution in [3.05, 3.63) is 76.5 Å². The molecule has 0 aliphatic rings. The van der Waals surface area contributed by atoms with Crippen molar-refractivity contribution in [2.24, 2.45) is 0 Å². The number of pyridine rings is 1. The van der Waals surface area contributed by atoms with E-state index >= 15 is 0 Å². The number of carbonyl (C=O) groups excluding carboxylic acids is 1. The molecule has 1 aromatic carbocycles. The first kappa shape index (κ1) is 18.2. The summed E-state index contributed by atoms with van der Waals surface area (Å²) in [6, 6.07) is 13.8. The van der Waals surface area contributed by atoms with Gasteiger partial charge < -0.3 is 5.32 Å². The second-order valence-electron chi connectivity index (χ2n) is 5.71. The predicted octanol–water partition coefficient (Wildman–Crippen LogP) is 3.40. The maximum Gasteiger partial charge on any atom is 0.284 e. The van der Waals surface area contributed by atoms with E-state index in [9.17, 15) is 9.18 Å². The van der Waals surface area contributed by atoms with Gasteiger partial charge in [-0.15, -0.1) is 11.3 Å². The van der Waals surface area contributed by atoms with E-state index in [-0.39, 0.29) is 5.82 Å². The van der Waals surface area contributed by atoms with E-state index in [2.05, 4.69) is 10.3 Å². The summed E-state index contributed by atoms with van der Waals surface area (Å²) in [6.07, 6.45) is 2.65. The number of amides is 1. The van der Waals surface area contributed by atoms with Crippen LogP contribution in [0.15, 0.2) is 54.7 Å². The number of hydrogen-bond acceptors (Lipinski definition) is 5. The van der Waals surface area contributed by atoms with E-state index in [1.807, 2.05) is 24.4 Å². The van der Waals surface area contributed by atoms with Crippen LogP contribution in [0.2, 0.25) is 0 Å². The lowest BCUT2D eigenvalue weighted by Gasteiger charge is -2.06. The first-order chi connectivity index (χ1) is 12.7. The number of halogens is 1. The number of hydroxylamine groups is 1. The summed E-state index contributed by atoms with van der Waals surface area (Å²) in [5.41, 5.74) is 4.55. The fourth-order valence-electron chi connectivity index (χ4n) is 2.44. The van der Waals surface area contributed by atoms with Gasteiger partial charge in [-0.2, -0.15) is 0 Å². The topological polar surface area (TPSA) is 74.2 Å². The maximum absolute atomic E-state index is 12.9. The van der Waals surface area contributed by atoms with E-state index < -0.39 is 5.91 Å². The average molecular weight is 371 g/mol. The van der Waals surface area contributed by atoms with Crippen molar-refractivity contribution in [1.82, 2.24) is 15.8 Å². The Labute approximate surface area is 154 Å². The molecule has 3 aromatic rings. The van der Waals surface area contributed by atoms with Gasteiger partial charge in [-0.25, -0.2) is 9.87 Å². The summed E-state index contributed by atoms with van der Waals surface area (Å²) in [4.78, 5) is 17.1. The lowest BCUT2D eigenvalue weighted by molar-refractivity contribution is 0.0711. The molecule has 26 heavy (non-hydrogen) atoms. The maximum atomic E-state index is 12.9. The molecule has 3 N–H and O–H groups in total. The minimum absolute atomic E-state index is 0.227. The van der Waals surface area contributed by atoms with E-state index in [0.717, 1.165) is 34.7 Å². The van der Waals surface area contributed by atoms with Crippen molar-refractivity contribution in [2.75, 3.05) is 6.54 Å². The van der Waals surface area contributed by atoms with Crippen molar-refractivity contribution in [3.63, 3.8) is 0 Å². The van der Waals surface area contributed by atoms with E-state index in [1.165, 1.54) is 23.5 Å². The standard InChI is InChI=1S/C19H18FN3O2S/c20-15-4-1-13(2-5-15)11-21-10-9-14-3-6-16(22-12-14)17-7-8-18(26-17)19(24)23-25/h1-8,12,21,25H,9-11H2,(H,23,24). The second kappa shape index (κ2) is 8.66. The average Bonchev–Trinajstić information content (AvgIpc) is 3.17. The van der Waals surface area contributed by atoms with Gasteiger partial charge in [-0.05, 0) is 54.4 Å². The molecule has 0 saturated heterocycles. The molecule has 0 spiro atoms. The van der Waals surface area contributed by atoms with Gasteiger partial charge in [0.15, 0.2) is 0 Å². The Hall–Kier alpha value is -2.61. The summed E-state index contributed by atoms with van der Waals surface area (Å²) < 4.78 is 12.9. The SMILES string of the molecule is O=C(NO)c1ccc(-c2ccc(CCNCc3ccc(F)cc3)cn2)s1. The molecule has 3 rings (SSSR count). The van der Waals surface area contributed by atoms with Crippen molar-refractivity contribution in [1.29, 1.82) is 0 Å². The third-order valence-corrected chi connectivity index (χ3v) is 4.95. The van der Waals surface area contributed by atoms with Crippen LogP contribution in [0.1, 0.15) is 20.8 Å². The van der Waals surface area contributed by atoms with Gasteiger partial charge in [0.25, 0.3) is 5.91 Å². The highest BCUT2D eigenvalue weighted by molar-refractivity contribution is 7.17. The molecule has 1 amide bonds. The molecule has 0 unspecified atom stereocenters. The fraction of sp³-hybridized carbons (Fsp3) is 0.158. The predicted molar refractivity (Wildman–Crippen MR) is 98.6 cm³/mol. The lowest BCUT2D eigenvalue weighted by atomic mass is 10.2. The van der Waals surface area contributed by atoms with Gasteiger partial charge in [0.05, 0.1) is 15.4 Å². The Bertz CT molecular complexity index is 863. The molecule has 2 heterocycles. The highest BCUT2D eigenvalue weighted by atomic mass is 32.1.